The van der Waals surface area contributed by atoms with E-state index in [1.807, 2.05) is 0 Å². The van der Waals surface area contributed by atoms with E-state index in [2.05, 4.69) is 17.5 Å². The van der Waals surface area contributed by atoms with Crippen LogP contribution in [0.3, 0.4) is 0 Å². The van der Waals surface area contributed by atoms with Gasteiger partial charge in [0.2, 0.25) is 5.91 Å². The third kappa shape index (κ3) is 8.47. The van der Waals surface area contributed by atoms with Crippen LogP contribution in [0.2, 0.25) is 0 Å². The predicted molar refractivity (Wildman–Crippen MR) is 77.8 cm³/mol. The lowest BCUT2D eigenvalue weighted by molar-refractivity contribution is -0.119. The first kappa shape index (κ1) is 18.7. The van der Waals surface area contributed by atoms with Crippen molar-refractivity contribution in [3.63, 3.8) is 0 Å². The summed E-state index contributed by atoms with van der Waals surface area (Å²) in [5, 5.41) is 27.0. The quantitative estimate of drug-likeness (QED) is 0.348. The summed E-state index contributed by atoms with van der Waals surface area (Å²) in [7, 11) is 0. The molecule has 0 aliphatic heterocycles. The first-order valence-corrected chi connectivity index (χ1v) is 7.34. The summed E-state index contributed by atoms with van der Waals surface area (Å²) < 4.78 is 2.31. The van der Waals surface area contributed by atoms with Gasteiger partial charge in [-0.3, -0.25) is 4.79 Å². The molecule has 0 saturated heterocycles. The van der Waals surface area contributed by atoms with Gasteiger partial charge in [0, 0.05) is 26.2 Å². The van der Waals surface area contributed by atoms with Crippen molar-refractivity contribution in [3.05, 3.63) is 0 Å². The summed E-state index contributed by atoms with van der Waals surface area (Å²) in [5.74, 6) is -0.121. The minimum atomic E-state index is -0.121. The van der Waals surface area contributed by atoms with Gasteiger partial charge in [-0.05, 0) is 50.4 Å². The van der Waals surface area contributed by atoms with Crippen molar-refractivity contribution >= 4 is 18.7 Å². The molecule has 0 saturated carbocycles. The van der Waals surface area contributed by atoms with Gasteiger partial charge in [0.05, 0.1) is 0 Å². The number of hydrogen-bond donors (Lipinski definition) is 5. The van der Waals surface area contributed by atoms with Crippen LogP contribution in [0.5, 0.6) is 0 Å². The van der Waals surface area contributed by atoms with Crippen LogP contribution in [-0.4, -0.2) is 41.0 Å². The molecule has 0 fully saturated rings. The number of nitrogens with one attached hydrogen (secondary N) is 1. The van der Waals surface area contributed by atoms with Crippen molar-refractivity contribution in [3.8, 4) is 0 Å². The van der Waals surface area contributed by atoms with E-state index in [-0.39, 0.29) is 31.1 Å². The smallest absolute Gasteiger partial charge is 0.229 e. The van der Waals surface area contributed by atoms with E-state index in [1.54, 1.807) is 0 Å². The van der Waals surface area contributed by atoms with E-state index >= 15 is 0 Å². The van der Waals surface area contributed by atoms with Crippen LogP contribution in [-0.2, 0) is 4.79 Å². The lowest BCUT2D eigenvalue weighted by Crippen LogP contribution is -2.25. The highest BCUT2D eigenvalue weighted by molar-refractivity contribution is 7.78. The molecule has 0 aliphatic rings. The van der Waals surface area contributed by atoms with Gasteiger partial charge < -0.3 is 20.0 Å². The van der Waals surface area contributed by atoms with Crippen molar-refractivity contribution in [2.45, 2.75) is 51.4 Å². The third-order valence-electron chi connectivity index (χ3n) is 3.60. The van der Waals surface area contributed by atoms with E-state index in [9.17, 15) is 4.79 Å². The van der Waals surface area contributed by atoms with Gasteiger partial charge in [-0.1, -0.05) is 12.8 Å². The largest absolute Gasteiger partial charge is 0.396 e. The van der Waals surface area contributed by atoms with E-state index < -0.39 is 0 Å². The van der Waals surface area contributed by atoms with Crippen LogP contribution in [0.15, 0.2) is 0 Å². The van der Waals surface area contributed by atoms with E-state index in [0.29, 0.717) is 32.1 Å². The molecule has 6 heteroatoms. The van der Waals surface area contributed by atoms with Crippen molar-refractivity contribution < 1.29 is 20.1 Å². The molecule has 0 unspecified atom stereocenters. The maximum Gasteiger partial charge on any atom is 0.229 e. The Kier molecular flexibility index (Phi) is 11.3. The van der Waals surface area contributed by atoms with Gasteiger partial charge in [-0.15, -0.1) is 0 Å². The molecule has 19 heavy (non-hydrogen) atoms. The first-order valence-electron chi connectivity index (χ1n) is 6.89. The fourth-order valence-corrected chi connectivity index (χ4v) is 2.66. The van der Waals surface area contributed by atoms with Crippen LogP contribution in [0.4, 0.5) is 0 Å². The highest BCUT2D eigenvalue weighted by Gasteiger charge is 2.29. The Bertz CT molecular complexity index is 217. The third-order valence-corrected chi connectivity index (χ3v) is 3.85. The van der Waals surface area contributed by atoms with Crippen LogP contribution in [0, 0.1) is 5.41 Å². The lowest BCUT2D eigenvalue weighted by Gasteiger charge is -2.34. The molecule has 0 heterocycles. The summed E-state index contributed by atoms with van der Waals surface area (Å²) in [6, 6.07) is 0. The number of amides is 1. The van der Waals surface area contributed by atoms with Gasteiger partial charge in [0.25, 0.3) is 0 Å². The standard InChI is InChI=1S/C13H27NO4S/c15-9-1-5-13(6-2-10-16,7-3-11-17)8-4-12(18)14-19/h15-17,19H,1-11H2,(H,14,18). The summed E-state index contributed by atoms with van der Waals surface area (Å²) in [4.78, 5) is 11.3. The van der Waals surface area contributed by atoms with E-state index in [4.69, 9.17) is 15.3 Å². The fourth-order valence-electron chi connectivity index (χ4n) is 2.55. The topological polar surface area (TPSA) is 89.8 Å². The molecule has 0 spiro atoms. The summed E-state index contributed by atoms with van der Waals surface area (Å²) >= 11 is 3.74. The molecule has 0 aliphatic carbocycles. The van der Waals surface area contributed by atoms with Gasteiger partial charge >= 0.3 is 0 Å². The fraction of sp³-hybridized carbons (Fsp3) is 0.923. The molecule has 0 bridgehead atoms. The number of thiol groups is 1. The van der Waals surface area contributed by atoms with Crippen molar-refractivity contribution in [1.82, 2.24) is 4.72 Å². The average Bonchev–Trinajstić information content (AvgIpc) is 2.45. The number of carbonyl (C=O) groups excluding carboxylic acids is 1. The number of aliphatic hydroxyl groups excluding tert-OH is 3. The Balaban J connectivity index is 4.60. The molecule has 0 aromatic rings. The average molecular weight is 293 g/mol. The highest BCUT2D eigenvalue weighted by atomic mass is 32.1. The minimum Gasteiger partial charge on any atom is -0.396 e. The van der Waals surface area contributed by atoms with Gasteiger partial charge in [0.1, 0.15) is 0 Å². The molecule has 0 rings (SSSR count). The number of aliphatic hydroxyl groups is 3. The molecule has 0 radical (unpaired) electrons. The van der Waals surface area contributed by atoms with Gasteiger partial charge in [-0.25, -0.2) is 0 Å². The zero-order valence-electron chi connectivity index (χ0n) is 11.5. The molecule has 0 aromatic heterocycles. The normalized spacial score (nSPS) is 11.6. The van der Waals surface area contributed by atoms with Gasteiger partial charge in [-0.2, -0.15) is 0 Å². The van der Waals surface area contributed by atoms with Crippen LogP contribution >= 0.6 is 12.8 Å². The molecule has 0 aromatic carbocycles. The second kappa shape index (κ2) is 11.5. The van der Waals surface area contributed by atoms with Crippen LogP contribution < -0.4 is 4.72 Å². The molecular formula is C13H27NO4S. The highest BCUT2D eigenvalue weighted by Crippen LogP contribution is 2.39. The van der Waals surface area contributed by atoms with Crippen molar-refractivity contribution in [2.75, 3.05) is 19.8 Å². The number of rotatable bonds is 12. The molecule has 0 atom stereocenters. The lowest BCUT2D eigenvalue weighted by atomic mass is 9.72. The zero-order chi connectivity index (χ0) is 14.6. The summed E-state index contributed by atoms with van der Waals surface area (Å²) in [5.41, 5.74) is -0.0888. The number of carbonyl (C=O) groups is 1. The van der Waals surface area contributed by atoms with Crippen molar-refractivity contribution in [2.24, 2.45) is 5.41 Å². The Morgan fingerprint density at radius 3 is 1.63 bits per heavy atom. The monoisotopic (exact) mass is 293 g/mol. The summed E-state index contributed by atoms with van der Waals surface area (Å²) in [6.45, 7) is 0.371. The van der Waals surface area contributed by atoms with Gasteiger partial charge in [0.15, 0.2) is 0 Å². The van der Waals surface area contributed by atoms with Crippen LogP contribution in [0.1, 0.15) is 51.4 Å². The van der Waals surface area contributed by atoms with E-state index in [0.717, 1.165) is 19.3 Å². The SMILES string of the molecule is O=C(CCC(CCCO)(CCCO)CCCO)NS. The van der Waals surface area contributed by atoms with Crippen LogP contribution in [0.25, 0.3) is 0 Å². The molecule has 4 N–H and O–H groups in total. The first-order chi connectivity index (χ1) is 9.14. The maximum absolute atomic E-state index is 11.3. The number of hydrogen-bond acceptors (Lipinski definition) is 5. The Morgan fingerprint density at radius 2 is 1.32 bits per heavy atom. The Hall–Kier alpha value is -0.300. The summed E-state index contributed by atoms with van der Waals surface area (Å²) in [6.07, 6.45) is 5.54. The maximum atomic E-state index is 11.3. The van der Waals surface area contributed by atoms with E-state index in [1.165, 1.54) is 0 Å². The predicted octanol–water partition coefficient (Wildman–Crippen LogP) is 1.03. The second-order valence-corrected chi connectivity index (χ2v) is 5.24. The molecule has 5 nitrogen and oxygen atoms in total. The zero-order valence-corrected chi connectivity index (χ0v) is 12.4. The second-order valence-electron chi connectivity index (χ2n) is 5.02. The van der Waals surface area contributed by atoms with Crippen molar-refractivity contribution in [1.29, 1.82) is 0 Å². The Labute approximate surface area is 121 Å². The molecule has 1 amide bonds. The Morgan fingerprint density at radius 1 is 0.895 bits per heavy atom. The molecular weight excluding hydrogens is 266 g/mol. The molecule has 114 valence electrons. The minimum absolute atomic E-state index is 0.0888.